The van der Waals surface area contributed by atoms with Gasteiger partial charge in [0.2, 0.25) is 0 Å². The third-order valence-electron chi connectivity index (χ3n) is 2.37. The number of esters is 1. The van der Waals surface area contributed by atoms with Gasteiger partial charge in [0.1, 0.15) is 11.4 Å². The highest BCUT2D eigenvalue weighted by Gasteiger charge is 2.20. The molecular formula is C15H19FO3S. The first kappa shape index (κ1) is 16.7. The van der Waals surface area contributed by atoms with E-state index >= 15 is 0 Å². The largest absolute Gasteiger partial charge is 0.459 e. The Balaban J connectivity index is 2.50. The molecule has 1 unspecified atom stereocenters. The number of rotatable bonds is 5. The van der Waals surface area contributed by atoms with Crippen LogP contribution in [0.3, 0.4) is 0 Å². The van der Waals surface area contributed by atoms with E-state index in [-0.39, 0.29) is 28.6 Å². The van der Waals surface area contributed by atoms with Crippen LogP contribution in [0.1, 0.15) is 38.1 Å². The van der Waals surface area contributed by atoms with Crippen LogP contribution in [0.2, 0.25) is 0 Å². The molecule has 0 aliphatic heterocycles. The normalized spacial score (nSPS) is 12.8. The van der Waals surface area contributed by atoms with E-state index in [1.807, 2.05) is 0 Å². The zero-order valence-corrected chi connectivity index (χ0v) is 12.9. The van der Waals surface area contributed by atoms with Gasteiger partial charge in [0, 0.05) is 5.56 Å². The van der Waals surface area contributed by atoms with Gasteiger partial charge in [-0.25, -0.2) is 4.39 Å². The summed E-state index contributed by atoms with van der Waals surface area (Å²) in [6, 6.07) is 5.39. The number of thioether (sulfide) groups is 1. The van der Waals surface area contributed by atoms with Crippen LogP contribution in [0.5, 0.6) is 0 Å². The molecule has 1 rings (SSSR count). The Bertz CT molecular complexity index is 477. The minimum absolute atomic E-state index is 0.116. The van der Waals surface area contributed by atoms with Crippen LogP contribution in [-0.4, -0.2) is 28.4 Å². The first-order valence-electron chi connectivity index (χ1n) is 6.32. The molecule has 20 heavy (non-hydrogen) atoms. The highest BCUT2D eigenvalue weighted by molar-refractivity contribution is 8.01. The molecule has 0 aliphatic carbocycles. The molecule has 1 aromatic rings. The van der Waals surface area contributed by atoms with Crippen LogP contribution >= 0.6 is 11.8 Å². The second-order valence-corrected chi connectivity index (χ2v) is 6.74. The number of Topliss-reactive ketones (excluding diaryl/α,β-unsaturated/α-hetero) is 1. The van der Waals surface area contributed by atoms with Crippen molar-refractivity contribution in [2.75, 3.05) is 5.75 Å². The van der Waals surface area contributed by atoms with Crippen molar-refractivity contribution in [3.8, 4) is 0 Å². The van der Waals surface area contributed by atoms with Crippen molar-refractivity contribution < 1.29 is 18.7 Å². The molecule has 3 nitrogen and oxygen atoms in total. The summed E-state index contributed by atoms with van der Waals surface area (Å²) in [5.41, 5.74) is -0.0856. The molecular weight excluding hydrogens is 279 g/mol. The van der Waals surface area contributed by atoms with E-state index in [1.165, 1.54) is 36.0 Å². The lowest BCUT2D eigenvalue weighted by atomic mass is 10.1. The van der Waals surface area contributed by atoms with Crippen molar-refractivity contribution in [2.45, 2.75) is 38.5 Å². The fourth-order valence-electron chi connectivity index (χ4n) is 1.49. The van der Waals surface area contributed by atoms with Gasteiger partial charge in [0.15, 0.2) is 5.78 Å². The molecule has 0 bridgehead atoms. The van der Waals surface area contributed by atoms with E-state index in [0.29, 0.717) is 5.56 Å². The highest BCUT2D eigenvalue weighted by Crippen LogP contribution is 2.18. The van der Waals surface area contributed by atoms with Crippen molar-refractivity contribution in [3.63, 3.8) is 0 Å². The average molecular weight is 298 g/mol. The first-order chi connectivity index (χ1) is 9.19. The number of hydrogen-bond donors (Lipinski definition) is 0. The topological polar surface area (TPSA) is 43.4 Å². The number of benzene rings is 1. The van der Waals surface area contributed by atoms with Gasteiger partial charge < -0.3 is 4.74 Å². The van der Waals surface area contributed by atoms with E-state index in [9.17, 15) is 14.0 Å². The van der Waals surface area contributed by atoms with Crippen molar-refractivity contribution in [3.05, 3.63) is 35.6 Å². The second kappa shape index (κ2) is 6.88. The zero-order valence-electron chi connectivity index (χ0n) is 12.1. The standard InChI is InChI=1S/C15H19FO3S/c1-10(20-9-13(17)19-15(2,3)4)14(18)11-5-7-12(16)8-6-11/h5-8,10H,9H2,1-4H3. The molecule has 0 N–H and O–H groups in total. The fraction of sp³-hybridized carbons (Fsp3) is 0.467. The van der Waals surface area contributed by atoms with Crippen LogP contribution in [0, 0.1) is 5.82 Å². The summed E-state index contributed by atoms with van der Waals surface area (Å²) < 4.78 is 18.0. The molecule has 1 atom stereocenters. The van der Waals surface area contributed by atoms with Crippen molar-refractivity contribution in [1.29, 1.82) is 0 Å². The van der Waals surface area contributed by atoms with E-state index in [2.05, 4.69) is 0 Å². The maximum Gasteiger partial charge on any atom is 0.316 e. The molecule has 0 radical (unpaired) electrons. The summed E-state index contributed by atoms with van der Waals surface area (Å²) in [4.78, 5) is 23.6. The Morgan fingerprint density at radius 3 is 2.30 bits per heavy atom. The predicted molar refractivity (Wildman–Crippen MR) is 78.5 cm³/mol. The maximum absolute atomic E-state index is 12.8. The van der Waals surface area contributed by atoms with Gasteiger partial charge in [-0.1, -0.05) is 0 Å². The smallest absolute Gasteiger partial charge is 0.316 e. The van der Waals surface area contributed by atoms with Gasteiger partial charge in [-0.2, -0.15) is 0 Å². The summed E-state index contributed by atoms with van der Waals surface area (Å²) in [6.07, 6.45) is 0. The monoisotopic (exact) mass is 298 g/mol. The van der Waals surface area contributed by atoms with Crippen molar-refractivity contribution >= 4 is 23.5 Å². The van der Waals surface area contributed by atoms with E-state index in [1.54, 1.807) is 27.7 Å². The van der Waals surface area contributed by atoms with Crippen molar-refractivity contribution in [1.82, 2.24) is 0 Å². The molecule has 0 spiro atoms. The van der Waals surface area contributed by atoms with Crippen LogP contribution in [0.4, 0.5) is 4.39 Å². The number of carbonyl (C=O) groups is 2. The Labute approximate surface area is 122 Å². The third-order valence-corrected chi connectivity index (χ3v) is 3.49. The second-order valence-electron chi connectivity index (χ2n) is 5.41. The Morgan fingerprint density at radius 1 is 1.25 bits per heavy atom. The van der Waals surface area contributed by atoms with E-state index in [4.69, 9.17) is 4.74 Å². The minimum Gasteiger partial charge on any atom is -0.459 e. The van der Waals surface area contributed by atoms with Gasteiger partial charge >= 0.3 is 5.97 Å². The average Bonchev–Trinajstić information content (AvgIpc) is 2.34. The number of halogens is 1. The molecule has 5 heteroatoms. The summed E-state index contributed by atoms with van der Waals surface area (Å²) >= 11 is 1.21. The Kier molecular flexibility index (Phi) is 5.74. The highest BCUT2D eigenvalue weighted by atomic mass is 32.2. The summed E-state index contributed by atoms with van der Waals surface area (Å²) in [5.74, 6) is -0.735. The molecule has 0 aliphatic rings. The molecule has 110 valence electrons. The lowest BCUT2D eigenvalue weighted by Gasteiger charge is -2.19. The number of carbonyl (C=O) groups excluding carboxylic acids is 2. The maximum atomic E-state index is 12.8. The molecule has 0 amide bonds. The summed E-state index contributed by atoms with van der Waals surface area (Å²) in [6.45, 7) is 7.11. The number of hydrogen-bond acceptors (Lipinski definition) is 4. The Morgan fingerprint density at radius 2 is 1.80 bits per heavy atom. The molecule has 0 heterocycles. The lowest BCUT2D eigenvalue weighted by Crippen LogP contribution is -2.26. The SMILES string of the molecule is CC(SCC(=O)OC(C)(C)C)C(=O)c1ccc(F)cc1. The van der Waals surface area contributed by atoms with Crippen LogP contribution < -0.4 is 0 Å². The number of ether oxygens (including phenoxy) is 1. The van der Waals surface area contributed by atoms with Gasteiger partial charge in [-0.15, -0.1) is 11.8 Å². The van der Waals surface area contributed by atoms with Gasteiger partial charge in [-0.05, 0) is 52.0 Å². The number of ketones is 1. The predicted octanol–water partition coefficient (Wildman–Crippen LogP) is 3.47. The first-order valence-corrected chi connectivity index (χ1v) is 7.37. The van der Waals surface area contributed by atoms with Crippen LogP contribution in [0.25, 0.3) is 0 Å². The van der Waals surface area contributed by atoms with E-state index < -0.39 is 5.60 Å². The molecule has 0 fully saturated rings. The third kappa shape index (κ3) is 5.74. The minimum atomic E-state index is -0.526. The molecule has 0 saturated heterocycles. The zero-order chi connectivity index (χ0) is 15.3. The van der Waals surface area contributed by atoms with Gasteiger partial charge in [0.25, 0.3) is 0 Å². The van der Waals surface area contributed by atoms with Gasteiger partial charge in [-0.3, -0.25) is 9.59 Å². The van der Waals surface area contributed by atoms with Crippen LogP contribution in [0.15, 0.2) is 24.3 Å². The van der Waals surface area contributed by atoms with Crippen molar-refractivity contribution in [2.24, 2.45) is 0 Å². The fourth-order valence-corrected chi connectivity index (χ4v) is 2.22. The van der Waals surface area contributed by atoms with E-state index in [0.717, 1.165) is 0 Å². The summed E-state index contributed by atoms with van der Waals surface area (Å²) in [7, 11) is 0. The quantitative estimate of drug-likeness (QED) is 0.616. The van der Waals surface area contributed by atoms with Crippen LogP contribution in [-0.2, 0) is 9.53 Å². The summed E-state index contributed by atoms with van der Waals surface area (Å²) in [5, 5.41) is -0.382. The lowest BCUT2D eigenvalue weighted by molar-refractivity contribution is -0.151. The molecule has 0 saturated carbocycles. The Hall–Kier alpha value is -1.36. The molecule has 1 aromatic carbocycles. The molecule has 0 aromatic heterocycles. The van der Waals surface area contributed by atoms with Gasteiger partial charge in [0.05, 0.1) is 11.0 Å².